The lowest BCUT2D eigenvalue weighted by molar-refractivity contribution is 0.0931. The molecule has 1 aromatic rings. The molecule has 2 rings (SSSR count). The molecular formula is C15H23N3OS. The van der Waals surface area contributed by atoms with Gasteiger partial charge in [-0.25, -0.2) is 9.97 Å². The van der Waals surface area contributed by atoms with Crippen LogP contribution in [0, 0.1) is 19.3 Å². The van der Waals surface area contributed by atoms with Gasteiger partial charge in [0.25, 0.3) is 5.91 Å². The minimum Gasteiger partial charge on any atom is -0.349 e. The Balaban J connectivity index is 2.18. The third-order valence-corrected chi connectivity index (χ3v) is 4.57. The van der Waals surface area contributed by atoms with Crippen LogP contribution in [-0.4, -0.2) is 28.2 Å². The number of rotatable bonds is 3. The van der Waals surface area contributed by atoms with E-state index in [0.29, 0.717) is 16.8 Å². The predicted molar refractivity (Wildman–Crippen MR) is 82.2 cm³/mol. The van der Waals surface area contributed by atoms with E-state index in [1.54, 1.807) is 0 Å². The maximum absolute atomic E-state index is 12.5. The van der Waals surface area contributed by atoms with Gasteiger partial charge in [-0.1, -0.05) is 13.8 Å². The van der Waals surface area contributed by atoms with E-state index < -0.39 is 0 Å². The maximum Gasteiger partial charge on any atom is 0.256 e. The largest absolute Gasteiger partial charge is 0.349 e. The number of carbonyl (C=O) groups is 1. The van der Waals surface area contributed by atoms with Crippen molar-refractivity contribution in [1.82, 2.24) is 15.3 Å². The summed E-state index contributed by atoms with van der Waals surface area (Å²) in [5.74, 6) is 0.681. The van der Waals surface area contributed by atoms with Gasteiger partial charge < -0.3 is 5.32 Å². The van der Waals surface area contributed by atoms with Gasteiger partial charge >= 0.3 is 0 Å². The van der Waals surface area contributed by atoms with Gasteiger partial charge in [0.1, 0.15) is 10.9 Å². The van der Waals surface area contributed by atoms with Crippen molar-refractivity contribution in [3.05, 3.63) is 17.1 Å². The molecule has 1 unspecified atom stereocenters. The summed E-state index contributed by atoms with van der Waals surface area (Å²) >= 11 is 1.50. The third kappa shape index (κ3) is 3.32. The fourth-order valence-electron chi connectivity index (χ4n) is 2.91. The number of aromatic nitrogens is 2. The molecule has 4 nitrogen and oxygen atoms in total. The van der Waals surface area contributed by atoms with Gasteiger partial charge in [-0.2, -0.15) is 0 Å². The molecule has 1 N–H and O–H groups in total. The van der Waals surface area contributed by atoms with Crippen molar-refractivity contribution in [1.29, 1.82) is 0 Å². The first-order chi connectivity index (χ1) is 9.32. The molecule has 1 aliphatic carbocycles. The van der Waals surface area contributed by atoms with Crippen LogP contribution in [0.3, 0.4) is 0 Å². The zero-order chi connectivity index (χ0) is 14.9. The molecule has 1 amide bonds. The van der Waals surface area contributed by atoms with Crippen LogP contribution in [0.25, 0.3) is 0 Å². The van der Waals surface area contributed by atoms with E-state index in [9.17, 15) is 4.79 Å². The van der Waals surface area contributed by atoms with Crippen molar-refractivity contribution in [3.8, 4) is 0 Å². The predicted octanol–water partition coefficient (Wildman–Crippen LogP) is 3.12. The Hall–Kier alpha value is -1.10. The smallest absolute Gasteiger partial charge is 0.256 e. The lowest BCUT2D eigenvalue weighted by atomic mass is 9.92. The van der Waals surface area contributed by atoms with E-state index in [0.717, 1.165) is 30.0 Å². The van der Waals surface area contributed by atoms with Crippen molar-refractivity contribution in [2.45, 2.75) is 58.0 Å². The van der Waals surface area contributed by atoms with Crippen molar-refractivity contribution in [2.75, 3.05) is 6.26 Å². The topological polar surface area (TPSA) is 54.9 Å². The lowest BCUT2D eigenvalue weighted by Gasteiger charge is -2.18. The second-order valence-corrected chi connectivity index (χ2v) is 7.11. The quantitative estimate of drug-likeness (QED) is 0.687. The molecule has 0 spiro atoms. The molecule has 20 heavy (non-hydrogen) atoms. The number of nitrogens with zero attached hydrogens (tertiary/aromatic N) is 2. The van der Waals surface area contributed by atoms with Crippen molar-refractivity contribution < 1.29 is 4.79 Å². The van der Waals surface area contributed by atoms with Crippen molar-refractivity contribution in [3.63, 3.8) is 0 Å². The number of aryl methyl sites for hydroxylation is 2. The number of amides is 1. The molecule has 0 aliphatic heterocycles. The van der Waals surface area contributed by atoms with Gasteiger partial charge in [0.2, 0.25) is 0 Å². The highest BCUT2D eigenvalue weighted by Crippen LogP contribution is 2.37. The average molecular weight is 293 g/mol. The van der Waals surface area contributed by atoms with Gasteiger partial charge in [0.05, 0.1) is 11.3 Å². The van der Waals surface area contributed by atoms with Crippen LogP contribution in [0.15, 0.2) is 5.03 Å². The lowest BCUT2D eigenvalue weighted by Crippen LogP contribution is -2.34. The molecule has 5 heteroatoms. The first-order valence-electron chi connectivity index (χ1n) is 7.02. The fourth-order valence-corrected chi connectivity index (χ4v) is 3.58. The molecule has 1 aromatic heterocycles. The summed E-state index contributed by atoms with van der Waals surface area (Å²) in [7, 11) is 0. The van der Waals surface area contributed by atoms with Crippen LogP contribution in [0.1, 0.15) is 55.0 Å². The molecule has 0 aromatic carbocycles. The summed E-state index contributed by atoms with van der Waals surface area (Å²) in [5.41, 5.74) is 1.73. The fraction of sp³-hybridized carbons (Fsp3) is 0.667. The molecule has 0 bridgehead atoms. The minimum absolute atomic E-state index is 0.0328. The highest BCUT2D eigenvalue weighted by Gasteiger charge is 2.32. The van der Waals surface area contributed by atoms with Gasteiger partial charge in [-0.15, -0.1) is 11.8 Å². The molecular weight excluding hydrogens is 270 g/mol. The third-order valence-electron chi connectivity index (χ3n) is 3.89. The highest BCUT2D eigenvalue weighted by atomic mass is 32.2. The van der Waals surface area contributed by atoms with E-state index >= 15 is 0 Å². The van der Waals surface area contributed by atoms with Gasteiger partial charge in [-0.05, 0) is 44.8 Å². The Morgan fingerprint density at radius 1 is 1.35 bits per heavy atom. The molecule has 1 atom stereocenters. The second kappa shape index (κ2) is 5.72. The van der Waals surface area contributed by atoms with Crippen molar-refractivity contribution in [2.24, 2.45) is 5.41 Å². The summed E-state index contributed by atoms with van der Waals surface area (Å²) in [6, 6.07) is 0.271. The van der Waals surface area contributed by atoms with Crippen LogP contribution >= 0.6 is 11.8 Å². The number of carbonyl (C=O) groups excluding carboxylic acids is 1. The van der Waals surface area contributed by atoms with Crippen molar-refractivity contribution >= 4 is 17.7 Å². The summed E-state index contributed by atoms with van der Waals surface area (Å²) in [6.07, 6.45) is 5.20. The monoisotopic (exact) mass is 293 g/mol. The SMILES string of the molecule is CSc1nc(C)nc(C)c1C(=O)NC1CCC(C)(C)C1. The first kappa shape index (κ1) is 15.3. The van der Waals surface area contributed by atoms with Gasteiger partial charge in [0, 0.05) is 6.04 Å². The van der Waals surface area contributed by atoms with E-state index in [2.05, 4.69) is 29.1 Å². The van der Waals surface area contributed by atoms with Crippen LogP contribution in [0.5, 0.6) is 0 Å². The zero-order valence-corrected chi connectivity index (χ0v) is 13.7. The zero-order valence-electron chi connectivity index (χ0n) is 12.9. The first-order valence-corrected chi connectivity index (χ1v) is 8.25. The molecule has 0 radical (unpaired) electrons. The number of nitrogens with one attached hydrogen (secondary N) is 1. The Morgan fingerprint density at radius 3 is 2.60 bits per heavy atom. The minimum atomic E-state index is -0.0328. The summed E-state index contributed by atoms with van der Waals surface area (Å²) in [4.78, 5) is 21.2. The van der Waals surface area contributed by atoms with Crippen LogP contribution in [-0.2, 0) is 0 Å². The highest BCUT2D eigenvalue weighted by molar-refractivity contribution is 7.98. The Bertz CT molecular complexity index is 528. The Morgan fingerprint density at radius 2 is 2.05 bits per heavy atom. The number of hydrogen-bond donors (Lipinski definition) is 1. The van der Waals surface area contributed by atoms with Crippen LogP contribution < -0.4 is 5.32 Å². The van der Waals surface area contributed by atoms with E-state index in [-0.39, 0.29) is 11.9 Å². The number of hydrogen-bond acceptors (Lipinski definition) is 4. The number of thioether (sulfide) groups is 1. The second-order valence-electron chi connectivity index (χ2n) is 6.32. The molecule has 1 aliphatic rings. The summed E-state index contributed by atoms with van der Waals surface area (Å²) < 4.78 is 0. The summed E-state index contributed by atoms with van der Waals surface area (Å²) in [5, 5.41) is 3.92. The Kier molecular flexibility index (Phi) is 4.37. The van der Waals surface area contributed by atoms with E-state index in [4.69, 9.17) is 0 Å². The average Bonchev–Trinajstić information content (AvgIpc) is 2.67. The van der Waals surface area contributed by atoms with Gasteiger partial charge in [-0.3, -0.25) is 4.79 Å². The standard InChI is InChI=1S/C15H23N3OS/c1-9-12(14(20-5)17-10(2)16-9)13(19)18-11-6-7-15(3,4)8-11/h11H,6-8H2,1-5H3,(H,18,19). The molecule has 0 saturated heterocycles. The molecule has 1 saturated carbocycles. The van der Waals surface area contributed by atoms with Crippen LogP contribution in [0.4, 0.5) is 0 Å². The van der Waals surface area contributed by atoms with E-state index in [1.165, 1.54) is 11.8 Å². The van der Waals surface area contributed by atoms with Crippen LogP contribution in [0.2, 0.25) is 0 Å². The molecule has 1 fully saturated rings. The Labute approximate surface area is 125 Å². The normalized spacial score (nSPS) is 20.9. The van der Waals surface area contributed by atoms with Gasteiger partial charge in [0.15, 0.2) is 0 Å². The molecule has 110 valence electrons. The van der Waals surface area contributed by atoms with E-state index in [1.807, 2.05) is 20.1 Å². The molecule has 1 heterocycles. The summed E-state index contributed by atoms with van der Waals surface area (Å²) in [6.45, 7) is 8.25. The maximum atomic E-state index is 12.5.